The standard InChI is InChI=1S/C19H22N2O3S/c1-13-10-14(2)19(15(3)11-13)25(23,24)20-16-6-4-7-17(12-16)21-9-5-8-18(21)22/h4,6-7,10-12,20H,5,8-9H2,1-3H3. The molecule has 1 N–H and O–H groups in total. The molecule has 0 aromatic heterocycles. The first-order chi connectivity index (χ1) is 11.8. The number of carbonyl (C=O) groups excluding carboxylic acids is 1. The molecule has 1 fully saturated rings. The number of rotatable bonds is 4. The molecule has 0 unspecified atom stereocenters. The molecule has 0 spiro atoms. The molecule has 6 heteroatoms. The molecule has 0 aliphatic carbocycles. The Bertz CT molecular complexity index is 912. The normalized spacial score (nSPS) is 14.8. The average Bonchev–Trinajstić information content (AvgIpc) is 2.91. The number of carbonyl (C=O) groups is 1. The van der Waals surface area contributed by atoms with Gasteiger partial charge in [-0.25, -0.2) is 8.42 Å². The third-order valence-electron chi connectivity index (χ3n) is 4.36. The Hall–Kier alpha value is -2.34. The Kier molecular flexibility index (Phi) is 4.56. The number of anilines is 2. The van der Waals surface area contributed by atoms with Gasteiger partial charge < -0.3 is 4.90 Å². The van der Waals surface area contributed by atoms with E-state index < -0.39 is 10.0 Å². The predicted molar refractivity (Wildman–Crippen MR) is 99.5 cm³/mol. The van der Waals surface area contributed by atoms with E-state index in [1.807, 2.05) is 25.1 Å². The first kappa shape index (κ1) is 17.5. The van der Waals surface area contributed by atoms with Gasteiger partial charge >= 0.3 is 0 Å². The van der Waals surface area contributed by atoms with Gasteiger partial charge in [-0.2, -0.15) is 0 Å². The van der Waals surface area contributed by atoms with Crippen LogP contribution in [-0.4, -0.2) is 20.9 Å². The molecule has 25 heavy (non-hydrogen) atoms. The fraction of sp³-hybridized carbons (Fsp3) is 0.316. The molecule has 1 aliphatic heterocycles. The van der Waals surface area contributed by atoms with Gasteiger partial charge in [0.05, 0.1) is 10.6 Å². The Morgan fingerprint density at radius 1 is 1.04 bits per heavy atom. The van der Waals surface area contributed by atoms with Crippen LogP contribution in [0.5, 0.6) is 0 Å². The molecule has 0 radical (unpaired) electrons. The highest BCUT2D eigenvalue weighted by atomic mass is 32.2. The number of nitrogens with zero attached hydrogens (tertiary/aromatic N) is 1. The summed E-state index contributed by atoms with van der Waals surface area (Å²) in [6, 6.07) is 10.7. The highest BCUT2D eigenvalue weighted by molar-refractivity contribution is 7.92. The zero-order valence-corrected chi connectivity index (χ0v) is 15.5. The van der Waals surface area contributed by atoms with Crippen LogP contribution in [0.1, 0.15) is 29.5 Å². The molecular formula is C19H22N2O3S. The molecule has 0 saturated carbocycles. The third-order valence-corrected chi connectivity index (χ3v) is 6.04. The summed E-state index contributed by atoms with van der Waals surface area (Å²) < 4.78 is 28.4. The van der Waals surface area contributed by atoms with E-state index in [1.54, 1.807) is 36.9 Å². The molecule has 1 saturated heterocycles. The van der Waals surface area contributed by atoms with Gasteiger partial charge in [0.2, 0.25) is 5.91 Å². The predicted octanol–water partition coefficient (Wildman–Crippen LogP) is 3.54. The summed E-state index contributed by atoms with van der Waals surface area (Å²) in [6.07, 6.45) is 1.37. The number of hydrogen-bond donors (Lipinski definition) is 1. The van der Waals surface area contributed by atoms with Gasteiger partial charge in [-0.05, 0) is 56.5 Å². The summed E-state index contributed by atoms with van der Waals surface area (Å²) in [5, 5.41) is 0. The lowest BCUT2D eigenvalue weighted by molar-refractivity contribution is -0.117. The summed E-state index contributed by atoms with van der Waals surface area (Å²) >= 11 is 0. The average molecular weight is 358 g/mol. The van der Waals surface area contributed by atoms with E-state index >= 15 is 0 Å². The highest BCUT2D eigenvalue weighted by Crippen LogP contribution is 2.28. The van der Waals surface area contributed by atoms with E-state index in [0.717, 1.165) is 28.8 Å². The summed E-state index contributed by atoms with van der Waals surface area (Å²) in [6.45, 7) is 6.22. The van der Waals surface area contributed by atoms with Crippen molar-refractivity contribution in [3.63, 3.8) is 0 Å². The van der Waals surface area contributed by atoms with E-state index in [-0.39, 0.29) is 5.91 Å². The number of amides is 1. The molecule has 3 rings (SSSR count). The van der Waals surface area contributed by atoms with Crippen LogP contribution in [0, 0.1) is 20.8 Å². The lowest BCUT2D eigenvalue weighted by Gasteiger charge is -2.18. The second kappa shape index (κ2) is 6.52. The van der Waals surface area contributed by atoms with Gasteiger partial charge in [-0.15, -0.1) is 0 Å². The number of sulfonamides is 1. The fourth-order valence-corrected chi connectivity index (χ4v) is 4.96. The number of aryl methyl sites for hydroxylation is 3. The van der Waals surface area contributed by atoms with Crippen LogP contribution in [0.2, 0.25) is 0 Å². The summed E-state index contributed by atoms with van der Waals surface area (Å²) in [7, 11) is -3.70. The molecule has 1 amide bonds. The summed E-state index contributed by atoms with van der Waals surface area (Å²) in [4.78, 5) is 13.9. The van der Waals surface area contributed by atoms with Crippen LogP contribution < -0.4 is 9.62 Å². The van der Waals surface area contributed by atoms with Crippen molar-refractivity contribution in [2.75, 3.05) is 16.2 Å². The van der Waals surface area contributed by atoms with Gasteiger partial charge in [0.15, 0.2) is 0 Å². The van der Waals surface area contributed by atoms with E-state index in [2.05, 4.69) is 4.72 Å². The van der Waals surface area contributed by atoms with Crippen molar-refractivity contribution in [3.05, 3.63) is 53.1 Å². The number of benzene rings is 2. The Labute approximate surface area is 148 Å². The second-order valence-electron chi connectivity index (χ2n) is 6.53. The monoisotopic (exact) mass is 358 g/mol. The van der Waals surface area contributed by atoms with Crippen molar-refractivity contribution in [1.29, 1.82) is 0 Å². The maximum Gasteiger partial charge on any atom is 0.262 e. The summed E-state index contributed by atoms with van der Waals surface area (Å²) in [5.41, 5.74) is 3.65. The van der Waals surface area contributed by atoms with Crippen LogP contribution in [-0.2, 0) is 14.8 Å². The van der Waals surface area contributed by atoms with Crippen LogP contribution in [0.15, 0.2) is 41.3 Å². The first-order valence-electron chi connectivity index (χ1n) is 8.29. The van der Waals surface area contributed by atoms with Gasteiger partial charge in [0.25, 0.3) is 10.0 Å². The Morgan fingerprint density at radius 3 is 2.32 bits per heavy atom. The lowest BCUT2D eigenvalue weighted by atomic mass is 10.1. The van der Waals surface area contributed by atoms with Crippen molar-refractivity contribution in [2.24, 2.45) is 0 Å². The largest absolute Gasteiger partial charge is 0.312 e. The second-order valence-corrected chi connectivity index (χ2v) is 8.15. The number of nitrogens with one attached hydrogen (secondary N) is 1. The van der Waals surface area contributed by atoms with Crippen molar-refractivity contribution in [2.45, 2.75) is 38.5 Å². The van der Waals surface area contributed by atoms with Crippen LogP contribution >= 0.6 is 0 Å². The molecular weight excluding hydrogens is 336 g/mol. The van der Waals surface area contributed by atoms with E-state index in [9.17, 15) is 13.2 Å². The van der Waals surface area contributed by atoms with Gasteiger partial charge in [-0.1, -0.05) is 23.8 Å². The molecule has 132 valence electrons. The van der Waals surface area contributed by atoms with Gasteiger partial charge in [0.1, 0.15) is 0 Å². The smallest absolute Gasteiger partial charge is 0.262 e. The minimum absolute atomic E-state index is 0.0743. The van der Waals surface area contributed by atoms with Gasteiger partial charge in [0, 0.05) is 18.7 Å². The van der Waals surface area contributed by atoms with Gasteiger partial charge in [-0.3, -0.25) is 9.52 Å². The fourth-order valence-electron chi connectivity index (χ4n) is 3.46. The molecule has 2 aromatic carbocycles. The van der Waals surface area contributed by atoms with E-state index in [1.165, 1.54) is 0 Å². The number of hydrogen-bond acceptors (Lipinski definition) is 3. The SMILES string of the molecule is Cc1cc(C)c(S(=O)(=O)Nc2cccc(N3CCCC3=O)c2)c(C)c1. The third kappa shape index (κ3) is 3.54. The minimum Gasteiger partial charge on any atom is -0.312 e. The maximum atomic E-state index is 12.9. The zero-order valence-electron chi connectivity index (χ0n) is 14.7. The van der Waals surface area contributed by atoms with Crippen molar-refractivity contribution < 1.29 is 13.2 Å². The van der Waals surface area contributed by atoms with Crippen molar-refractivity contribution in [1.82, 2.24) is 0 Å². The van der Waals surface area contributed by atoms with E-state index in [4.69, 9.17) is 0 Å². The van der Waals surface area contributed by atoms with Crippen LogP contribution in [0.25, 0.3) is 0 Å². The lowest BCUT2D eigenvalue weighted by Crippen LogP contribution is -2.23. The maximum absolute atomic E-state index is 12.9. The molecule has 1 aliphatic rings. The molecule has 0 atom stereocenters. The van der Waals surface area contributed by atoms with Crippen LogP contribution in [0.3, 0.4) is 0 Å². The molecule has 2 aromatic rings. The van der Waals surface area contributed by atoms with Crippen LogP contribution in [0.4, 0.5) is 11.4 Å². The summed E-state index contributed by atoms with van der Waals surface area (Å²) in [5.74, 6) is 0.0743. The van der Waals surface area contributed by atoms with E-state index in [0.29, 0.717) is 23.5 Å². The molecule has 0 bridgehead atoms. The first-order valence-corrected chi connectivity index (χ1v) is 9.77. The minimum atomic E-state index is -3.70. The zero-order chi connectivity index (χ0) is 18.2. The molecule has 1 heterocycles. The Balaban J connectivity index is 1.93. The van der Waals surface area contributed by atoms with Crippen molar-refractivity contribution in [3.8, 4) is 0 Å². The van der Waals surface area contributed by atoms with Crippen molar-refractivity contribution >= 4 is 27.3 Å². The topological polar surface area (TPSA) is 66.5 Å². The quantitative estimate of drug-likeness (QED) is 0.909. The molecule has 5 nitrogen and oxygen atoms in total. The Morgan fingerprint density at radius 2 is 1.72 bits per heavy atom. The highest BCUT2D eigenvalue weighted by Gasteiger charge is 2.23.